The van der Waals surface area contributed by atoms with Gasteiger partial charge in [0.1, 0.15) is 6.17 Å². The normalized spacial score (nSPS) is 18.0. The zero-order chi connectivity index (χ0) is 20.6. The van der Waals surface area contributed by atoms with E-state index in [-0.39, 0.29) is 22.5 Å². The zero-order valence-electron chi connectivity index (χ0n) is 16.1. The molecule has 26 heavy (non-hydrogen) atoms. The van der Waals surface area contributed by atoms with Crippen LogP contribution < -0.4 is 4.74 Å². The highest BCUT2D eigenvalue weighted by molar-refractivity contribution is 6.05. The number of ether oxygens (including phenoxy) is 1. The Morgan fingerprint density at radius 3 is 2.15 bits per heavy atom. The molecule has 1 aromatic rings. The van der Waals surface area contributed by atoms with Crippen LogP contribution in [0.15, 0.2) is 24.3 Å². The maximum atomic E-state index is 13.5. The first-order chi connectivity index (χ1) is 12.1. The molecule has 1 saturated carbocycles. The number of aliphatic carboxylic acids is 1. The Kier molecular flexibility index (Phi) is 9.76. The predicted octanol–water partition coefficient (Wildman–Crippen LogP) is 5.72. The van der Waals surface area contributed by atoms with Gasteiger partial charge in [-0.1, -0.05) is 33.4 Å². The average Bonchev–Trinajstić information content (AvgIpc) is 3.26. The smallest absolute Gasteiger partial charge is 0.335 e. The molecule has 1 aliphatic carbocycles. The van der Waals surface area contributed by atoms with Gasteiger partial charge >= 0.3 is 5.97 Å². The Morgan fingerprint density at radius 1 is 1.38 bits per heavy atom. The Bertz CT molecular complexity index is 675. The van der Waals surface area contributed by atoms with Crippen molar-refractivity contribution in [1.29, 1.82) is 0 Å². The summed E-state index contributed by atoms with van der Waals surface area (Å²) in [5.74, 6) is -3.27. The van der Waals surface area contributed by atoms with Gasteiger partial charge in [-0.15, -0.1) is 0 Å². The van der Waals surface area contributed by atoms with Gasteiger partial charge in [0.15, 0.2) is 11.6 Å². The first kappa shape index (κ1) is 23.8. The van der Waals surface area contributed by atoms with Crippen molar-refractivity contribution >= 4 is 11.5 Å². The average molecular weight is 372 g/mol. The highest BCUT2D eigenvalue weighted by Crippen LogP contribution is 2.34. The van der Waals surface area contributed by atoms with Gasteiger partial charge in [-0.3, -0.25) is 0 Å². The number of halogens is 3. The summed E-state index contributed by atoms with van der Waals surface area (Å²) in [7, 11) is 1.21. The molecule has 1 aromatic carbocycles. The van der Waals surface area contributed by atoms with E-state index in [2.05, 4.69) is 6.58 Å². The number of carboxylic acids is 1. The third kappa shape index (κ3) is 5.93. The second kappa shape index (κ2) is 10.7. The molecule has 1 N–H and O–H groups in total. The van der Waals surface area contributed by atoms with Crippen LogP contribution in [-0.4, -0.2) is 24.4 Å². The summed E-state index contributed by atoms with van der Waals surface area (Å²) in [5.41, 5.74) is 0.527. The number of carbonyl (C=O) groups is 1. The molecule has 1 fully saturated rings. The van der Waals surface area contributed by atoms with E-state index < -0.39 is 23.8 Å². The van der Waals surface area contributed by atoms with Gasteiger partial charge in [-0.2, -0.15) is 4.39 Å². The summed E-state index contributed by atoms with van der Waals surface area (Å²) in [6.07, 6.45) is 1.70. The van der Waals surface area contributed by atoms with Crippen molar-refractivity contribution in [3.05, 3.63) is 47.1 Å². The topological polar surface area (TPSA) is 46.5 Å². The van der Waals surface area contributed by atoms with Gasteiger partial charge in [0.25, 0.3) is 0 Å². The van der Waals surface area contributed by atoms with Crippen molar-refractivity contribution in [2.75, 3.05) is 7.11 Å². The molecule has 2 atom stereocenters. The van der Waals surface area contributed by atoms with E-state index >= 15 is 0 Å². The van der Waals surface area contributed by atoms with E-state index in [1.165, 1.54) is 27.0 Å². The van der Waals surface area contributed by atoms with Crippen LogP contribution in [0.1, 0.15) is 45.2 Å². The molecule has 0 aromatic heterocycles. The molecular formula is C20H27F3O3. The molecule has 0 radical (unpaired) electrons. The minimum atomic E-state index is -1.18. The minimum Gasteiger partial charge on any atom is -0.493 e. The van der Waals surface area contributed by atoms with Crippen molar-refractivity contribution in [2.24, 2.45) is 5.92 Å². The van der Waals surface area contributed by atoms with Crippen LogP contribution >= 0.6 is 0 Å². The summed E-state index contributed by atoms with van der Waals surface area (Å²) >= 11 is 0. The van der Waals surface area contributed by atoms with E-state index in [0.29, 0.717) is 11.5 Å². The molecular weight excluding hydrogens is 345 g/mol. The Morgan fingerprint density at radius 2 is 1.85 bits per heavy atom. The number of hydrogen-bond donors (Lipinski definition) is 1. The van der Waals surface area contributed by atoms with Crippen LogP contribution in [0.3, 0.4) is 0 Å². The van der Waals surface area contributed by atoms with Crippen LogP contribution in [0.25, 0.3) is 5.57 Å². The lowest BCUT2D eigenvalue weighted by atomic mass is 9.94. The van der Waals surface area contributed by atoms with Gasteiger partial charge in [-0.25, -0.2) is 13.6 Å². The van der Waals surface area contributed by atoms with Crippen LogP contribution in [0.5, 0.6) is 5.75 Å². The van der Waals surface area contributed by atoms with Gasteiger partial charge in [-0.05, 0) is 43.4 Å². The molecule has 0 heterocycles. The molecule has 1 aliphatic rings. The van der Waals surface area contributed by atoms with Gasteiger partial charge in [0.05, 0.1) is 12.7 Å². The molecule has 2 unspecified atom stereocenters. The van der Waals surface area contributed by atoms with Crippen molar-refractivity contribution in [3.63, 3.8) is 0 Å². The SMILES string of the molecule is C=C(/C(=C\C)C(=O)O)c1cc(F)c(F)c(OC)c1C.CC.CC1CC1F. The van der Waals surface area contributed by atoms with Crippen molar-refractivity contribution in [2.45, 2.75) is 47.2 Å². The van der Waals surface area contributed by atoms with E-state index in [1.807, 2.05) is 20.8 Å². The highest BCUT2D eigenvalue weighted by Gasteiger charge is 2.31. The van der Waals surface area contributed by atoms with Crippen molar-refractivity contribution in [3.8, 4) is 5.75 Å². The van der Waals surface area contributed by atoms with E-state index in [1.54, 1.807) is 0 Å². The van der Waals surface area contributed by atoms with Crippen LogP contribution in [0, 0.1) is 24.5 Å². The number of allylic oxidation sites excluding steroid dienone is 1. The second-order valence-electron chi connectivity index (χ2n) is 5.59. The summed E-state index contributed by atoms with van der Waals surface area (Å²) < 4.78 is 43.3. The third-order valence-electron chi connectivity index (χ3n) is 3.81. The number of hydrogen-bond acceptors (Lipinski definition) is 2. The fourth-order valence-corrected chi connectivity index (χ4v) is 2.10. The Hall–Kier alpha value is -2.24. The quantitative estimate of drug-likeness (QED) is 0.543. The van der Waals surface area contributed by atoms with Crippen LogP contribution in [0.2, 0.25) is 0 Å². The van der Waals surface area contributed by atoms with Crippen molar-refractivity contribution < 1.29 is 27.8 Å². The largest absolute Gasteiger partial charge is 0.493 e. The van der Waals surface area contributed by atoms with Gasteiger partial charge in [0, 0.05) is 5.56 Å². The summed E-state index contributed by atoms with van der Waals surface area (Å²) in [6, 6.07) is 0.919. The molecule has 0 bridgehead atoms. The molecule has 0 saturated heterocycles. The van der Waals surface area contributed by atoms with Gasteiger partial charge < -0.3 is 9.84 Å². The van der Waals surface area contributed by atoms with Crippen LogP contribution in [-0.2, 0) is 4.79 Å². The summed E-state index contributed by atoms with van der Waals surface area (Å²) in [6.45, 7) is 12.6. The molecule has 0 aliphatic heterocycles. The number of rotatable bonds is 4. The standard InChI is InChI=1S/C14H14F2O3.C4H7F.C2H6/c1-5-9(14(17)18)7(2)10-6-11(15)12(16)13(19-4)8(10)3;1-3-2-4(3)5;1-2/h5-6H,2H2,1,3-4H3,(H,17,18);3-4H,2H2,1H3;1-2H3/b9-5+;;. The molecule has 3 nitrogen and oxygen atoms in total. The lowest BCUT2D eigenvalue weighted by Crippen LogP contribution is -2.06. The molecule has 0 amide bonds. The first-order valence-corrected chi connectivity index (χ1v) is 8.41. The lowest BCUT2D eigenvalue weighted by molar-refractivity contribution is -0.132. The second-order valence-corrected chi connectivity index (χ2v) is 5.59. The molecule has 2 rings (SSSR count). The number of benzene rings is 1. The fraction of sp³-hybridized carbons (Fsp3) is 0.450. The number of alkyl halides is 1. The highest BCUT2D eigenvalue weighted by atomic mass is 19.2. The van der Waals surface area contributed by atoms with E-state index in [9.17, 15) is 18.0 Å². The summed E-state index contributed by atoms with van der Waals surface area (Å²) in [4.78, 5) is 11.0. The third-order valence-corrected chi connectivity index (χ3v) is 3.81. The fourth-order valence-electron chi connectivity index (χ4n) is 2.10. The zero-order valence-corrected chi connectivity index (χ0v) is 16.1. The summed E-state index contributed by atoms with van der Waals surface area (Å²) in [5, 5.41) is 9.02. The Balaban J connectivity index is 0.000000749. The van der Waals surface area contributed by atoms with E-state index in [4.69, 9.17) is 9.84 Å². The minimum absolute atomic E-state index is 0.0730. The molecule has 6 heteroatoms. The van der Waals surface area contributed by atoms with Crippen molar-refractivity contribution in [1.82, 2.24) is 0 Å². The number of methoxy groups -OCH3 is 1. The molecule has 146 valence electrons. The monoisotopic (exact) mass is 372 g/mol. The number of carboxylic acid groups (broad SMARTS) is 1. The lowest BCUT2D eigenvalue weighted by Gasteiger charge is -2.14. The Labute approximate surface area is 153 Å². The van der Waals surface area contributed by atoms with E-state index in [0.717, 1.165) is 12.5 Å². The predicted molar refractivity (Wildman–Crippen MR) is 98.1 cm³/mol. The van der Waals surface area contributed by atoms with Crippen LogP contribution in [0.4, 0.5) is 13.2 Å². The maximum absolute atomic E-state index is 13.5. The first-order valence-electron chi connectivity index (χ1n) is 8.41. The maximum Gasteiger partial charge on any atom is 0.335 e. The van der Waals surface area contributed by atoms with Gasteiger partial charge in [0.2, 0.25) is 5.82 Å². The molecule has 0 spiro atoms.